The first-order valence-electron chi connectivity index (χ1n) is 10.1. The fraction of sp³-hybridized carbons (Fsp3) is 0.524. The summed E-state index contributed by atoms with van der Waals surface area (Å²) in [6, 6.07) is 7.36. The number of carbonyl (C=O) groups is 1. The molecule has 8 heteroatoms. The minimum absolute atomic E-state index is 0.00618. The molecule has 0 atom stereocenters. The molecule has 0 radical (unpaired) electrons. The molecule has 3 rings (SSSR count). The van der Waals surface area contributed by atoms with E-state index in [1.165, 1.54) is 0 Å². The number of nitrogens with zero attached hydrogens (tertiary/aromatic N) is 2. The van der Waals surface area contributed by atoms with E-state index in [2.05, 4.69) is 29.2 Å². The zero-order valence-corrected chi connectivity index (χ0v) is 17.1. The van der Waals surface area contributed by atoms with Gasteiger partial charge in [0.15, 0.2) is 17.3 Å². The van der Waals surface area contributed by atoms with Crippen LogP contribution in [-0.2, 0) is 16.1 Å². The number of amides is 1. The number of hydrogen-bond acceptors (Lipinski definition) is 7. The van der Waals surface area contributed by atoms with Gasteiger partial charge >= 0.3 is 0 Å². The quantitative estimate of drug-likeness (QED) is 0.583. The highest BCUT2D eigenvalue weighted by Gasteiger charge is 2.16. The molecule has 1 amide bonds. The first kappa shape index (κ1) is 21.1. The van der Waals surface area contributed by atoms with Crippen LogP contribution in [0.4, 0.5) is 0 Å². The number of rotatable bonds is 12. The number of nitrogens with one attached hydrogen (secondary N) is 1. The molecule has 158 valence electrons. The molecule has 0 aliphatic carbocycles. The average molecular weight is 403 g/mol. The van der Waals surface area contributed by atoms with Crippen LogP contribution in [0.5, 0.6) is 11.5 Å². The first-order valence-corrected chi connectivity index (χ1v) is 10.1. The van der Waals surface area contributed by atoms with E-state index in [-0.39, 0.29) is 25.9 Å². The molecule has 0 spiro atoms. The van der Waals surface area contributed by atoms with Crippen molar-refractivity contribution in [1.82, 2.24) is 15.4 Å². The maximum atomic E-state index is 11.9. The van der Waals surface area contributed by atoms with Crippen LogP contribution in [0.15, 0.2) is 28.8 Å². The van der Waals surface area contributed by atoms with E-state index in [4.69, 9.17) is 18.7 Å². The Morgan fingerprint density at radius 1 is 1.14 bits per heavy atom. The van der Waals surface area contributed by atoms with Crippen LogP contribution >= 0.6 is 0 Å². The molecule has 2 aromatic rings. The number of aromatic nitrogens is 1. The van der Waals surface area contributed by atoms with Gasteiger partial charge in [0, 0.05) is 24.7 Å². The molecule has 0 fully saturated rings. The Labute approximate surface area is 171 Å². The molecule has 1 aliphatic rings. The molecule has 1 N–H and O–H groups in total. The lowest BCUT2D eigenvalue weighted by molar-refractivity contribution is -0.126. The zero-order chi connectivity index (χ0) is 20.5. The van der Waals surface area contributed by atoms with Gasteiger partial charge in [-0.15, -0.1) is 0 Å². The predicted octanol–water partition coefficient (Wildman–Crippen LogP) is 2.83. The number of hydrogen-bond donors (Lipinski definition) is 1. The highest BCUT2D eigenvalue weighted by molar-refractivity contribution is 5.77. The van der Waals surface area contributed by atoms with Gasteiger partial charge < -0.3 is 29.0 Å². The van der Waals surface area contributed by atoms with Gasteiger partial charge in [-0.3, -0.25) is 4.79 Å². The summed E-state index contributed by atoms with van der Waals surface area (Å²) in [5.74, 6) is 1.89. The smallest absolute Gasteiger partial charge is 0.246 e. The van der Waals surface area contributed by atoms with Crippen molar-refractivity contribution in [1.29, 1.82) is 0 Å². The van der Waals surface area contributed by atoms with Gasteiger partial charge in [0.25, 0.3) is 0 Å². The van der Waals surface area contributed by atoms with Gasteiger partial charge in [-0.25, -0.2) is 0 Å². The van der Waals surface area contributed by atoms with Gasteiger partial charge in [-0.1, -0.05) is 19.0 Å². The molecule has 2 heterocycles. The van der Waals surface area contributed by atoms with E-state index in [0.717, 1.165) is 43.8 Å². The standard InChI is InChI=1S/C21H29N3O5/c1-3-8-24(9-4-2)10-7-22-21(25)14-26-13-17-12-19(29-23-17)16-5-6-18-20(11-16)28-15-27-18/h5-6,11-12H,3-4,7-10,13-15H2,1-2H3,(H,22,25). The van der Waals surface area contributed by atoms with Crippen LogP contribution in [0, 0.1) is 0 Å². The maximum absolute atomic E-state index is 11.9. The van der Waals surface area contributed by atoms with Gasteiger partial charge in [-0.2, -0.15) is 0 Å². The molecular weight excluding hydrogens is 374 g/mol. The van der Waals surface area contributed by atoms with Crippen molar-refractivity contribution in [3.8, 4) is 22.8 Å². The van der Waals surface area contributed by atoms with E-state index < -0.39 is 0 Å². The van der Waals surface area contributed by atoms with Crippen LogP contribution in [0.1, 0.15) is 32.4 Å². The Bertz CT molecular complexity index is 786. The lowest BCUT2D eigenvalue weighted by Gasteiger charge is -2.20. The molecule has 0 unspecified atom stereocenters. The molecule has 8 nitrogen and oxygen atoms in total. The van der Waals surface area contributed by atoms with Crippen molar-refractivity contribution in [2.45, 2.75) is 33.3 Å². The van der Waals surface area contributed by atoms with Crippen molar-refractivity contribution < 1.29 is 23.5 Å². The van der Waals surface area contributed by atoms with Crippen LogP contribution < -0.4 is 14.8 Å². The van der Waals surface area contributed by atoms with E-state index in [1.54, 1.807) is 6.07 Å². The largest absolute Gasteiger partial charge is 0.454 e. The van der Waals surface area contributed by atoms with Gasteiger partial charge in [0.2, 0.25) is 12.7 Å². The normalized spacial score (nSPS) is 12.5. The van der Waals surface area contributed by atoms with Crippen LogP contribution in [0.2, 0.25) is 0 Å². The third-order valence-corrected chi connectivity index (χ3v) is 4.53. The Hall–Kier alpha value is -2.58. The number of carbonyl (C=O) groups excluding carboxylic acids is 1. The summed E-state index contributed by atoms with van der Waals surface area (Å²) < 4.78 is 21.5. The number of benzene rings is 1. The summed E-state index contributed by atoms with van der Waals surface area (Å²) in [4.78, 5) is 14.3. The van der Waals surface area contributed by atoms with Crippen molar-refractivity contribution in [3.63, 3.8) is 0 Å². The second-order valence-corrected chi connectivity index (χ2v) is 6.93. The molecule has 29 heavy (non-hydrogen) atoms. The average Bonchev–Trinajstić information content (AvgIpc) is 3.37. The summed E-state index contributed by atoms with van der Waals surface area (Å²) in [7, 11) is 0. The summed E-state index contributed by atoms with van der Waals surface area (Å²) in [5, 5.41) is 6.89. The minimum Gasteiger partial charge on any atom is -0.454 e. The summed E-state index contributed by atoms with van der Waals surface area (Å²) in [5.41, 5.74) is 1.47. The Morgan fingerprint density at radius 3 is 2.72 bits per heavy atom. The Balaban J connectivity index is 1.38. The van der Waals surface area contributed by atoms with E-state index in [0.29, 0.717) is 23.7 Å². The summed E-state index contributed by atoms with van der Waals surface area (Å²) in [6.45, 7) is 8.35. The number of ether oxygens (including phenoxy) is 3. The molecule has 0 saturated carbocycles. The van der Waals surface area contributed by atoms with Crippen molar-refractivity contribution in [2.24, 2.45) is 0 Å². The third kappa shape index (κ3) is 6.20. The lowest BCUT2D eigenvalue weighted by Crippen LogP contribution is -2.37. The predicted molar refractivity (Wildman–Crippen MR) is 108 cm³/mol. The highest BCUT2D eigenvalue weighted by Crippen LogP contribution is 2.36. The zero-order valence-electron chi connectivity index (χ0n) is 17.1. The topological polar surface area (TPSA) is 86.1 Å². The fourth-order valence-electron chi connectivity index (χ4n) is 3.19. The van der Waals surface area contributed by atoms with E-state index >= 15 is 0 Å². The van der Waals surface area contributed by atoms with E-state index in [9.17, 15) is 4.79 Å². The van der Waals surface area contributed by atoms with Crippen LogP contribution in [0.25, 0.3) is 11.3 Å². The summed E-state index contributed by atoms with van der Waals surface area (Å²) >= 11 is 0. The molecule has 1 aromatic heterocycles. The van der Waals surface area contributed by atoms with Gasteiger partial charge in [0.1, 0.15) is 12.3 Å². The molecule has 0 saturated heterocycles. The van der Waals surface area contributed by atoms with Crippen LogP contribution in [0.3, 0.4) is 0 Å². The maximum Gasteiger partial charge on any atom is 0.246 e. The van der Waals surface area contributed by atoms with Crippen molar-refractivity contribution in [2.75, 3.05) is 39.6 Å². The monoisotopic (exact) mass is 403 g/mol. The fourth-order valence-corrected chi connectivity index (χ4v) is 3.19. The van der Waals surface area contributed by atoms with Gasteiger partial charge in [0.05, 0.1) is 6.61 Å². The van der Waals surface area contributed by atoms with Gasteiger partial charge in [-0.05, 0) is 44.1 Å². The molecular formula is C21H29N3O5. The van der Waals surface area contributed by atoms with Crippen molar-refractivity contribution in [3.05, 3.63) is 30.0 Å². The highest BCUT2D eigenvalue weighted by atomic mass is 16.7. The lowest BCUT2D eigenvalue weighted by atomic mass is 10.1. The number of fused-ring (bicyclic) bond motifs is 1. The Morgan fingerprint density at radius 2 is 1.93 bits per heavy atom. The minimum atomic E-state index is -0.127. The van der Waals surface area contributed by atoms with Crippen molar-refractivity contribution >= 4 is 5.91 Å². The molecule has 0 bridgehead atoms. The first-order chi connectivity index (χ1) is 14.2. The molecule has 1 aliphatic heterocycles. The second kappa shape index (κ2) is 10.8. The Kier molecular flexibility index (Phi) is 7.89. The second-order valence-electron chi connectivity index (χ2n) is 6.93. The van der Waals surface area contributed by atoms with Crippen LogP contribution in [-0.4, -0.2) is 55.5 Å². The SMILES string of the molecule is CCCN(CCC)CCNC(=O)COCc1cc(-c2ccc3c(c2)OCO3)on1. The van der Waals surface area contributed by atoms with E-state index in [1.807, 2.05) is 18.2 Å². The third-order valence-electron chi connectivity index (χ3n) is 4.53. The summed E-state index contributed by atoms with van der Waals surface area (Å²) in [6.07, 6.45) is 2.23. The molecule has 1 aromatic carbocycles.